The summed E-state index contributed by atoms with van der Waals surface area (Å²) in [6, 6.07) is 4.71. The Labute approximate surface area is 170 Å². The van der Waals surface area contributed by atoms with Gasteiger partial charge in [-0.15, -0.1) is 0 Å². The Morgan fingerprint density at radius 3 is 2.89 bits per heavy atom. The van der Waals surface area contributed by atoms with Gasteiger partial charge in [0.2, 0.25) is 12.7 Å². The number of rotatable bonds is 4. The summed E-state index contributed by atoms with van der Waals surface area (Å²) in [4.78, 5) is 26.4. The Kier molecular flexibility index (Phi) is 4.89. The molecule has 1 aromatic rings. The largest absolute Gasteiger partial charge is 0.454 e. The number of amides is 2. The first kappa shape index (κ1) is 19.0. The van der Waals surface area contributed by atoms with Crippen molar-refractivity contribution in [1.82, 2.24) is 10.2 Å². The van der Waals surface area contributed by atoms with Crippen molar-refractivity contribution in [3.8, 4) is 11.5 Å². The van der Waals surface area contributed by atoms with E-state index in [1.165, 1.54) is 11.0 Å². The lowest BCUT2D eigenvalue weighted by atomic mass is 10.2. The Balaban J connectivity index is 1.42. The molecule has 1 fully saturated rings. The summed E-state index contributed by atoms with van der Waals surface area (Å²) in [7, 11) is -3.27. The highest BCUT2D eigenvalue weighted by Gasteiger charge is 2.34. The molecule has 0 radical (unpaired) electrons. The molecule has 3 aliphatic rings. The zero-order valence-electron chi connectivity index (χ0n) is 14.3. The standard InChI is InChI=1S/C17H14N2O6S3/c20-15(18-11-3-4-28(22,23)8-11)7-19-16(21)14(27-17(19)26)6-10-1-2-12-13(5-10)25-9-24-12/h1-6,11H,7-9H2,(H,18,20)/b14-6-/t11-/m1/s1. The number of fused-ring (bicyclic) bond motifs is 1. The Morgan fingerprint density at radius 2 is 2.14 bits per heavy atom. The van der Waals surface area contributed by atoms with Crippen LogP contribution in [0.3, 0.4) is 0 Å². The molecule has 0 aliphatic carbocycles. The fraction of sp³-hybridized carbons (Fsp3) is 0.235. The number of nitrogens with one attached hydrogen (secondary N) is 1. The highest BCUT2D eigenvalue weighted by atomic mass is 32.2. The molecule has 1 saturated heterocycles. The van der Waals surface area contributed by atoms with Crippen molar-refractivity contribution in [3.05, 3.63) is 40.2 Å². The van der Waals surface area contributed by atoms with Gasteiger partial charge < -0.3 is 14.8 Å². The van der Waals surface area contributed by atoms with Crippen LogP contribution in [-0.4, -0.2) is 54.6 Å². The second kappa shape index (κ2) is 7.22. The van der Waals surface area contributed by atoms with Crippen molar-refractivity contribution in [1.29, 1.82) is 0 Å². The molecule has 0 unspecified atom stereocenters. The molecule has 3 aliphatic heterocycles. The van der Waals surface area contributed by atoms with Gasteiger partial charge in [0.1, 0.15) is 10.9 Å². The molecule has 28 heavy (non-hydrogen) atoms. The number of hydrogen-bond acceptors (Lipinski definition) is 8. The molecule has 1 aromatic carbocycles. The molecular weight excluding hydrogens is 424 g/mol. The third kappa shape index (κ3) is 3.91. The van der Waals surface area contributed by atoms with Crippen LogP contribution >= 0.6 is 24.0 Å². The van der Waals surface area contributed by atoms with Gasteiger partial charge in [-0.25, -0.2) is 8.42 Å². The summed E-state index contributed by atoms with van der Waals surface area (Å²) in [5.41, 5.74) is 0.746. The molecule has 1 N–H and O–H groups in total. The smallest absolute Gasteiger partial charge is 0.266 e. The van der Waals surface area contributed by atoms with Crippen LogP contribution in [0.4, 0.5) is 0 Å². The van der Waals surface area contributed by atoms with Gasteiger partial charge in [-0.3, -0.25) is 14.5 Å². The average Bonchev–Trinajstić information content (AvgIpc) is 3.29. The molecule has 2 amide bonds. The molecule has 0 spiro atoms. The molecule has 3 heterocycles. The van der Waals surface area contributed by atoms with E-state index in [-0.39, 0.29) is 29.3 Å². The van der Waals surface area contributed by atoms with Gasteiger partial charge in [0, 0.05) is 5.41 Å². The number of thioether (sulfide) groups is 1. The van der Waals surface area contributed by atoms with E-state index in [1.54, 1.807) is 24.3 Å². The summed E-state index contributed by atoms with van der Waals surface area (Å²) >= 11 is 6.32. The summed E-state index contributed by atoms with van der Waals surface area (Å²) < 4.78 is 33.7. The molecule has 1 atom stereocenters. The lowest BCUT2D eigenvalue weighted by Crippen LogP contribution is -2.43. The number of sulfone groups is 1. The van der Waals surface area contributed by atoms with Crippen LogP contribution in [0.15, 0.2) is 34.6 Å². The molecular formula is C17H14N2O6S3. The first-order valence-electron chi connectivity index (χ1n) is 8.16. The van der Waals surface area contributed by atoms with Crippen LogP contribution in [0.1, 0.15) is 5.56 Å². The fourth-order valence-electron chi connectivity index (χ4n) is 2.85. The third-order valence-electron chi connectivity index (χ3n) is 4.15. The SMILES string of the molecule is O=C(CN1C(=O)/C(=C/c2ccc3c(c2)OCO3)SC1=S)N[C@@H]1C=CS(=O)(=O)C1. The topological polar surface area (TPSA) is 102 Å². The van der Waals surface area contributed by atoms with Gasteiger partial charge >= 0.3 is 0 Å². The maximum absolute atomic E-state index is 12.6. The molecule has 146 valence electrons. The number of nitrogens with zero attached hydrogens (tertiary/aromatic N) is 1. The third-order valence-corrected chi connectivity index (χ3v) is 6.92. The van der Waals surface area contributed by atoms with Crippen molar-refractivity contribution in [2.75, 3.05) is 19.1 Å². The van der Waals surface area contributed by atoms with E-state index in [9.17, 15) is 18.0 Å². The van der Waals surface area contributed by atoms with Crippen LogP contribution in [0.25, 0.3) is 6.08 Å². The van der Waals surface area contributed by atoms with Gasteiger partial charge in [0.15, 0.2) is 21.3 Å². The van der Waals surface area contributed by atoms with Gasteiger partial charge in [-0.05, 0) is 29.8 Å². The van der Waals surface area contributed by atoms with E-state index in [2.05, 4.69) is 5.32 Å². The number of hydrogen-bond donors (Lipinski definition) is 1. The Morgan fingerprint density at radius 1 is 1.36 bits per heavy atom. The van der Waals surface area contributed by atoms with E-state index in [0.29, 0.717) is 16.4 Å². The van der Waals surface area contributed by atoms with Crippen LogP contribution < -0.4 is 14.8 Å². The van der Waals surface area contributed by atoms with Crippen LogP contribution in [0.5, 0.6) is 11.5 Å². The second-order valence-electron chi connectivity index (χ2n) is 6.21. The van der Waals surface area contributed by atoms with Crippen LogP contribution in [0, 0.1) is 0 Å². The molecule has 11 heteroatoms. The van der Waals surface area contributed by atoms with E-state index in [1.807, 2.05) is 0 Å². The Bertz CT molecular complexity index is 1050. The molecule has 8 nitrogen and oxygen atoms in total. The predicted octanol–water partition coefficient (Wildman–Crippen LogP) is 1.04. The number of ether oxygens (including phenoxy) is 2. The number of carbonyl (C=O) groups is 2. The van der Waals surface area contributed by atoms with Crippen LogP contribution in [0.2, 0.25) is 0 Å². The van der Waals surface area contributed by atoms with Gasteiger partial charge in [-0.2, -0.15) is 0 Å². The predicted molar refractivity (Wildman–Crippen MR) is 107 cm³/mol. The van der Waals surface area contributed by atoms with Gasteiger partial charge in [-0.1, -0.05) is 30.0 Å². The first-order valence-corrected chi connectivity index (χ1v) is 11.1. The number of benzene rings is 1. The molecule has 0 aromatic heterocycles. The summed E-state index contributed by atoms with van der Waals surface area (Å²) in [5, 5.41) is 3.65. The minimum absolute atomic E-state index is 0.160. The molecule has 0 saturated carbocycles. The highest BCUT2D eigenvalue weighted by molar-refractivity contribution is 8.26. The maximum atomic E-state index is 12.6. The monoisotopic (exact) mass is 438 g/mol. The van der Waals surface area contributed by atoms with E-state index in [4.69, 9.17) is 21.7 Å². The average molecular weight is 439 g/mol. The zero-order chi connectivity index (χ0) is 19.9. The van der Waals surface area contributed by atoms with Crippen LogP contribution in [-0.2, 0) is 19.4 Å². The fourth-order valence-corrected chi connectivity index (χ4v) is 5.34. The van der Waals surface area contributed by atoms with E-state index >= 15 is 0 Å². The first-order chi connectivity index (χ1) is 13.3. The lowest BCUT2D eigenvalue weighted by molar-refractivity contribution is -0.128. The zero-order valence-corrected chi connectivity index (χ0v) is 16.7. The second-order valence-corrected chi connectivity index (χ2v) is 9.82. The van der Waals surface area contributed by atoms with Crippen molar-refractivity contribution in [3.63, 3.8) is 0 Å². The van der Waals surface area contributed by atoms with E-state index < -0.39 is 21.8 Å². The molecule has 0 bridgehead atoms. The summed E-state index contributed by atoms with van der Waals surface area (Å²) in [5.74, 6) is 0.207. The lowest BCUT2D eigenvalue weighted by Gasteiger charge is -2.16. The van der Waals surface area contributed by atoms with E-state index in [0.717, 1.165) is 22.7 Å². The minimum Gasteiger partial charge on any atom is -0.454 e. The van der Waals surface area contributed by atoms with Crippen molar-refractivity contribution in [2.45, 2.75) is 6.04 Å². The quantitative estimate of drug-likeness (QED) is 0.550. The van der Waals surface area contributed by atoms with Gasteiger partial charge in [0.25, 0.3) is 5.91 Å². The summed E-state index contributed by atoms with van der Waals surface area (Å²) in [6.45, 7) is -0.110. The van der Waals surface area contributed by atoms with Crippen molar-refractivity contribution in [2.24, 2.45) is 0 Å². The summed E-state index contributed by atoms with van der Waals surface area (Å²) in [6.07, 6.45) is 3.09. The Hall–Kier alpha value is -2.37. The minimum atomic E-state index is -3.27. The molecule has 4 rings (SSSR count). The van der Waals surface area contributed by atoms with Gasteiger partial charge in [0.05, 0.1) is 16.7 Å². The number of thiocarbonyl (C=S) groups is 1. The number of carbonyl (C=O) groups excluding carboxylic acids is 2. The van der Waals surface area contributed by atoms with Crippen molar-refractivity contribution < 1.29 is 27.5 Å². The van der Waals surface area contributed by atoms with Crippen molar-refractivity contribution >= 4 is 56.0 Å². The normalized spacial score (nSPS) is 23.6. The maximum Gasteiger partial charge on any atom is 0.266 e. The highest BCUT2D eigenvalue weighted by Crippen LogP contribution is 2.36.